The van der Waals surface area contributed by atoms with Crippen LogP contribution in [0.3, 0.4) is 0 Å². The van der Waals surface area contributed by atoms with Crippen LogP contribution < -0.4 is 0 Å². The van der Waals surface area contributed by atoms with E-state index in [9.17, 15) is 9.90 Å². The lowest BCUT2D eigenvalue weighted by Gasteiger charge is -2.42. The minimum Gasteiger partial charge on any atom is -0.380 e. The SMILES string of the molecule is C[C@@H](Cn1cncn1)C(=O)N1CCC(C(O)(c2ccccc2)c2ccccc2)CC1. The summed E-state index contributed by atoms with van der Waals surface area (Å²) in [6.07, 6.45) is 4.62. The smallest absolute Gasteiger partial charge is 0.227 e. The maximum atomic E-state index is 12.9. The zero-order valence-corrected chi connectivity index (χ0v) is 17.3. The third-order valence-corrected chi connectivity index (χ3v) is 6.17. The Labute approximate surface area is 177 Å². The van der Waals surface area contributed by atoms with E-state index < -0.39 is 5.60 Å². The highest BCUT2D eigenvalue weighted by Gasteiger charge is 2.42. The van der Waals surface area contributed by atoms with E-state index in [0.717, 1.165) is 24.0 Å². The van der Waals surface area contributed by atoms with Crippen molar-refractivity contribution in [1.29, 1.82) is 0 Å². The van der Waals surface area contributed by atoms with Gasteiger partial charge in [-0.1, -0.05) is 67.6 Å². The van der Waals surface area contributed by atoms with Crippen molar-refractivity contribution >= 4 is 5.91 Å². The van der Waals surface area contributed by atoms with Crippen LogP contribution in [0.1, 0.15) is 30.9 Å². The molecule has 6 heteroatoms. The molecule has 1 atom stereocenters. The molecular weight excluding hydrogens is 376 g/mol. The molecule has 1 amide bonds. The van der Waals surface area contributed by atoms with Gasteiger partial charge in [0.2, 0.25) is 5.91 Å². The third kappa shape index (κ3) is 4.00. The van der Waals surface area contributed by atoms with Gasteiger partial charge in [0.25, 0.3) is 0 Å². The number of benzene rings is 2. The van der Waals surface area contributed by atoms with E-state index in [1.165, 1.54) is 6.33 Å². The second-order valence-electron chi connectivity index (χ2n) is 8.12. The lowest BCUT2D eigenvalue weighted by atomic mass is 9.72. The number of carbonyl (C=O) groups excluding carboxylic acids is 1. The molecule has 0 saturated carbocycles. The molecule has 1 aliphatic rings. The Hall–Kier alpha value is -2.99. The first kappa shape index (κ1) is 20.3. The van der Waals surface area contributed by atoms with E-state index in [1.54, 1.807) is 11.0 Å². The Morgan fingerprint density at radius 3 is 2.13 bits per heavy atom. The summed E-state index contributed by atoms with van der Waals surface area (Å²) in [6, 6.07) is 19.8. The molecule has 2 aromatic carbocycles. The molecule has 1 fully saturated rings. The standard InChI is InChI=1S/C24H28N4O2/c1-19(16-28-18-25-17-26-28)23(29)27-14-12-22(13-15-27)24(30,20-8-4-2-5-9-20)21-10-6-3-7-11-21/h2-11,17-19,22,30H,12-16H2,1H3/t19-/m0/s1. The molecule has 0 unspecified atom stereocenters. The van der Waals surface area contributed by atoms with Crippen molar-refractivity contribution in [2.75, 3.05) is 13.1 Å². The number of hydrogen-bond donors (Lipinski definition) is 1. The first-order chi connectivity index (χ1) is 14.6. The van der Waals surface area contributed by atoms with Gasteiger partial charge >= 0.3 is 0 Å². The molecule has 0 radical (unpaired) electrons. The fraction of sp³-hybridized carbons (Fsp3) is 0.375. The fourth-order valence-electron chi connectivity index (χ4n) is 4.54. The Bertz CT molecular complexity index is 896. The summed E-state index contributed by atoms with van der Waals surface area (Å²) in [5.41, 5.74) is 0.741. The molecule has 2 heterocycles. The first-order valence-electron chi connectivity index (χ1n) is 10.5. The number of likely N-dealkylation sites (tertiary alicyclic amines) is 1. The second kappa shape index (κ2) is 8.79. The number of piperidine rings is 1. The van der Waals surface area contributed by atoms with E-state index in [-0.39, 0.29) is 17.7 Å². The van der Waals surface area contributed by atoms with Gasteiger partial charge in [0.1, 0.15) is 18.3 Å². The van der Waals surface area contributed by atoms with E-state index in [0.29, 0.717) is 19.6 Å². The minimum absolute atomic E-state index is 0.0389. The van der Waals surface area contributed by atoms with Gasteiger partial charge in [-0.05, 0) is 29.9 Å². The summed E-state index contributed by atoms with van der Waals surface area (Å²) < 4.78 is 1.69. The van der Waals surface area contributed by atoms with Crippen LogP contribution in [0.25, 0.3) is 0 Å². The summed E-state index contributed by atoms with van der Waals surface area (Å²) in [7, 11) is 0. The number of hydrogen-bond acceptors (Lipinski definition) is 4. The molecule has 156 valence electrons. The van der Waals surface area contributed by atoms with Crippen molar-refractivity contribution < 1.29 is 9.90 Å². The number of aliphatic hydroxyl groups is 1. The molecule has 1 N–H and O–H groups in total. The van der Waals surface area contributed by atoms with E-state index in [4.69, 9.17) is 0 Å². The summed E-state index contributed by atoms with van der Waals surface area (Å²) in [5.74, 6) is 0.00858. The van der Waals surface area contributed by atoms with E-state index in [1.807, 2.05) is 72.5 Å². The predicted octanol–water partition coefficient (Wildman–Crippen LogP) is 3.09. The number of nitrogens with zero attached hydrogens (tertiary/aromatic N) is 4. The van der Waals surface area contributed by atoms with Gasteiger partial charge in [0, 0.05) is 13.1 Å². The summed E-state index contributed by atoms with van der Waals surface area (Å²) in [6.45, 7) is 3.75. The van der Waals surface area contributed by atoms with Gasteiger partial charge in [-0.25, -0.2) is 4.98 Å². The number of carbonyl (C=O) groups is 1. The zero-order valence-electron chi connectivity index (χ0n) is 17.3. The molecule has 1 aromatic heterocycles. The summed E-state index contributed by atoms with van der Waals surface area (Å²) >= 11 is 0. The van der Waals surface area contributed by atoms with Crippen molar-refractivity contribution in [3.05, 3.63) is 84.4 Å². The third-order valence-electron chi connectivity index (χ3n) is 6.17. The summed E-state index contributed by atoms with van der Waals surface area (Å²) in [4.78, 5) is 18.8. The van der Waals surface area contributed by atoms with Crippen molar-refractivity contribution in [1.82, 2.24) is 19.7 Å². The Kier molecular flexibility index (Phi) is 5.95. The van der Waals surface area contributed by atoms with Crippen LogP contribution in [0.15, 0.2) is 73.3 Å². The van der Waals surface area contributed by atoms with Crippen LogP contribution in [0.4, 0.5) is 0 Å². The summed E-state index contributed by atoms with van der Waals surface area (Å²) in [5, 5.41) is 16.1. The number of rotatable bonds is 6. The Morgan fingerprint density at radius 1 is 1.07 bits per heavy atom. The van der Waals surface area contributed by atoms with E-state index in [2.05, 4.69) is 10.1 Å². The van der Waals surface area contributed by atoms with Gasteiger partial charge < -0.3 is 10.0 Å². The molecule has 0 bridgehead atoms. The molecule has 6 nitrogen and oxygen atoms in total. The average Bonchev–Trinajstić information content (AvgIpc) is 3.32. The van der Waals surface area contributed by atoms with Crippen LogP contribution in [-0.4, -0.2) is 43.8 Å². The Balaban J connectivity index is 1.49. The molecule has 30 heavy (non-hydrogen) atoms. The fourth-order valence-corrected chi connectivity index (χ4v) is 4.54. The van der Waals surface area contributed by atoms with Crippen molar-refractivity contribution in [3.63, 3.8) is 0 Å². The van der Waals surface area contributed by atoms with Crippen molar-refractivity contribution in [2.45, 2.75) is 31.9 Å². The molecule has 1 saturated heterocycles. The van der Waals surface area contributed by atoms with E-state index >= 15 is 0 Å². The van der Waals surface area contributed by atoms with Crippen molar-refractivity contribution in [2.24, 2.45) is 11.8 Å². The topological polar surface area (TPSA) is 71.2 Å². The van der Waals surface area contributed by atoms with Gasteiger partial charge in [0.05, 0.1) is 12.5 Å². The van der Waals surface area contributed by atoms with Crippen LogP contribution in [0, 0.1) is 11.8 Å². The van der Waals surface area contributed by atoms with Gasteiger partial charge in [-0.3, -0.25) is 9.48 Å². The molecule has 4 rings (SSSR count). The first-order valence-corrected chi connectivity index (χ1v) is 10.5. The maximum Gasteiger partial charge on any atom is 0.227 e. The normalized spacial score (nSPS) is 16.4. The Morgan fingerprint density at radius 2 is 1.63 bits per heavy atom. The van der Waals surface area contributed by atoms with Crippen LogP contribution in [-0.2, 0) is 16.9 Å². The highest BCUT2D eigenvalue weighted by Crippen LogP contribution is 2.42. The largest absolute Gasteiger partial charge is 0.380 e. The molecule has 0 aliphatic carbocycles. The van der Waals surface area contributed by atoms with Gasteiger partial charge in [-0.15, -0.1) is 0 Å². The van der Waals surface area contributed by atoms with Gasteiger partial charge in [0.15, 0.2) is 0 Å². The average molecular weight is 405 g/mol. The molecule has 3 aromatic rings. The molecular formula is C24H28N4O2. The monoisotopic (exact) mass is 404 g/mol. The highest BCUT2D eigenvalue weighted by atomic mass is 16.3. The predicted molar refractivity (Wildman–Crippen MR) is 114 cm³/mol. The van der Waals surface area contributed by atoms with Crippen LogP contribution in [0.5, 0.6) is 0 Å². The maximum absolute atomic E-state index is 12.9. The molecule has 1 aliphatic heterocycles. The lowest BCUT2D eigenvalue weighted by molar-refractivity contribution is -0.138. The zero-order chi connectivity index (χ0) is 21.0. The minimum atomic E-state index is -1.07. The van der Waals surface area contributed by atoms with Crippen LogP contribution >= 0.6 is 0 Å². The molecule has 0 spiro atoms. The van der Waals surface area contributed by atoms with Crippen LogP contribution in [0.2, 0.25) is 0 Å². The van der Waals surface area contributed by atoms with Gasteiger partial charge in [-0.2, -0.15) is 5.10 Å². The number of amides is 1. The van der Waals surface area contributed by atoms with Crippen molar-refractivity contribution in [3.8, 4) is 0 Å². The quantitative estimate of drug-likeness (QED) is 0.685. The number of aromatic nitrogens is 3. The lowest BCUT2D eigenvalue weighted by Crippen LogP contribution is -2.47. The highest BCUT2D eigenvalue weighted by molar-refractivity contribution is 5.78. The second-order valence-corrected chi connectivity index (χ2v) is 8.12.